The summed E-state index contributed by atoms with van der Waals surface area (Å²) in [5.74, 6) is -0.0601. The first-order valence-electron chi connectivity index (χ1n) is 6.79. The second kappa shape index (κ2) is 8.11. The molecule has 1 aromatic rings. The molecule has 7 heteroatoms. The van der Waals surface area contributed by atoms with Crippen LogP contribution in [0, 0.1) is 5.92 Å². The van der Waals surface area contributed by atoms with Crippen molar-refractivity contribution >= 4 is 15.9 Å². The minimum absolute atomic E-state index is 0.0424. The molecule has 1 rings (SSSR count). The maximum atomic E-state index is 12.1. The van der Waals surface area contributed by atoms with Gasteiger partial charge in [0.1, 0.15) is 0 Å². The molecule has 0 saturated carbocycles. The number of benzene rings is 1. The van der Waals surface area contributed by atoms with Gasteiger partial charge in [-0.05, 0) is 30.0 Å². The van der Waals surface area contributed by atoms with E-state index in [-0.39, 0.29) is 29.9 Å². The first kappa shape index (κ1) is 17.6. The lowest BCUT2D eigenvalue weighted by Gasteiger charge is -2.12. The zero-order valence-corrected chi connectivity index (χ0v) is 13.1. The molecule has 21 heavy (non-hydrogen) atoms. The van der Waals surface area contributed by atoms with Gasteiger partial charge in [-0.3, -0.25) is 4.79 Å². The van der Waals surface area contributed by atoms with Gasteiger partial charge in [-0.15, -0.1) is 0 Å². The second-order valence-corrected chi connectivity index (χ2v) is 6.79. The molecule has 1 aromatic carbocycles. The van der Waals surface area contributed by atoms with Crippen LogP contribution in [0.3, 0.4) is 0 Å². The molecule has 0 aliphatic carbocycles. The van der Waals surface area contributed by atoms with Crippen molar-refractivity contribution in [3.05, 3.63) is 29.8 Å². The minimum Gasteiger partial charge on any atom is -0.396 e. The SMILES string of the molecule is CC(=O)NCc1ccc(S(=O)(=O)NCC(C)CCO)cc1. The number of aliphatic hydroxyl groups excluding tert-OH is 1. The highest BCUT2D eigenvalue weighted by Crippen LogP contribution is 2.11. The van der Waals surface area contributed by atoms with Gasteiger partial charge in [0, 0.05) is 26.6 Å². The maximum Gasteiger partial charge on any atom is 0.240 e. The number of aliphatic hydroxyl groups is 1. The largest absolute Gasteiger partial charge is 0.396 e. The van der Waals surface area contributed by atoms with Crippen molar-refractivity contribution in [2.75, 3.05) is 13.2 Å². The smallest absolute Gasteiger partial charge is 0.240 e. The van der Waals surface area contributed by atoms with Crippen LogP contribution in [0.4, 0.5) is 0 Å². The van der Waals surface area contributed by atoms with Crippen molar-refractivity contribution in [3.63, 3.8) is 0 Å². The van der Waals surface area contributed by atoms with E-state index in [0.717, 1.165) is 5.56 Å². The van der Waals surface area contributed by atoms with Crippen molar-refractivity contribution in [1.82, 2.24) is 10.0 Å². The lowest BCUT2D eigenvalue weighted by molar-refractivity contribution is -0.119. The number of hydrogen-bond acceptors (Lipinski definition) is 4. The Hall–Kier alpha value is -1.44. The van der Waals surface area contributed by atoms with Gasteiger partial charge in [0.25, 0.3) is 0 Å². The molecular formula is C14H22N2O4S. The molecule has 0 radical (unpaired) electrons. The summed E-state index contributed by atoms with van der Waals surface area (Å²) in [6.45, 7) is 4.00. The highest BCUT2D eigenvalue weighted by atomic mass is 32.2. The third kappa shape index (κ3) is 6.24. The normalized spacial score (nSPS) is 12.9. The zero-order chi connectivity index (χ0) is 15.9. The van der Waals surface area contributed by atoms with E-state index in [1.54, 1.807) is 12.1 Å². The number of carbonyl (C=O) groups is 1. The van der Waals surface area contributed by atoms with Crippen LogP contribution < -0.4 is 10.0 Å². The van der Waals surface area contributed by atoms with Crippen molar-refractivity contribution < 1.29 is 18.3 Å². The average molecular weight is 314 g/mol. The Morgan fingerprint density at radius 3 is 2.43 bits per heavy atom. The lowest BCUT2D eigenvalue weighted by Crippen LogP contribution is -2.28. The summed E-state index contributed by atoms with van der Waals surface area (Å²) < 4.78 is 26.7. The minimum atomic E-state index is -3.54. The summed E-state index contributed by atoms with van der Waals surface area (Å²) >= 11 is 0. The van der Waals surface area contributed by atoms with Gasteiger partial charge >= 0.3 is 0 Å². The Kier molecular flexibility index (Phi) is 6.80. The summed E-state index contributed by atoms with van der Waals surface area (Å²) in [7, 11) is -3.54. The molecule has 1 unspecified atom stereocenters. The first-order valence-corrected chi connectivity index (χ1v) is 8.27. The number of rotatable bonds is 8. The Balaban J connectivity index is 2.64. The molecule has 0 bridgehead atoms. The molecule has 0 saturated heterocycles. The first-order chi connectivity index (χ1) is 9.85. The van der Waals surface area contributed by atoms with Crippen LogP contribution in [0.25, 0.3) is 0 Å². The van der Waals surface area contributed by atoms with Gasteiger partial charge in [0.15, 0.2) is 0 Å². The molecule has 0 aliphatic heterocycles. The summed E-state index contributed by atoms with van der Waals surface area (Å²) in [5.41, 5.74) is 0.831. The van der Waals surface area contributed by atoms with Gasteiger partial charge in [0.2, 0.25) is 15.9 Å². The van der Waals surface area contributed by atoms with Crippen molar-refractivity contribution in [3.8, 4) is 0 Å². The molecule has 0 aliphatic rings. The van der Waals surface area contributed by atoms with E-state index in [2.05, 4.69) is 10.0 Å². The number of carbonyl (C=O) groups excluding carboxylic acids is 1. The van der Waals surface area contributed by atoms with E-state index in [1.807, 2.05) is 6.92 Å². The average Bonchev–Trinajstić information content (AvgIpc) is 2.44. The molecular weight excluding hydrogens is 292 g/mol. The highest BCUT2D eigenvalue weighted by molar-refractivity contribution is 7.89. The molecule has 0 spiro atoms. The van der Waals surface area contributed by atoms with E-state index < -0.39 is 10.0 Å². The van der Waals surface area contributed by atoms with Gasteiger partial charge in [-0.2, -0.15) is 0 Å². The van der Waals surface area contributed by atoms with Crippen LogP contribution >= 0.6 is 0 Å². The lowest BCUT2D eigenvalue weighted by atomic mass is 10.1. The quantitative estimate of drug-likeness (QED) is 0.655. The van der Waals surface area contributed by atoms with Crippen LogP contribution in [-0.2, 0) is 21.4 Å². The Labute approximate surface area is 125 Å². The standard InChI is InChI=1S/C14H22N2O4S/c1-11(7-8-17)9-16-21(19,20)14-5-3-13(4-6-14)10-15-12(2)18/h3-6,11,16-17H,7-10H2,1-2H3,(H,15,18). The van der Waals surface area contributed by atoms with Crippen LogP contribution in [0.2, 0.25) is 0 Å². The van der Waals surface area contributed by atoms with Crippen LogP contribution in [0.15, 0.2) is 29.2 Å². The zero-order valence-electron chi connectivity index (χ0n) is 12.3. The highest BCUT2D eigenvalue weighted by Gasteiger charge is 2.14. The summed E-state index contributed by atoms with van der Waals surface area (Å²) in [6.07, 6.45) is 0.554. The van der Waals surface area contributed by atoms with Crippen molar-refractivity contribution in [1.29, 1.82) is 0 Å². The molecule has 1 amide bonds. The van der Waals surface area contributed by atoms with Crippen molar-refractivity contribution in [2.24, 2.45) is 5.92 Å². The van der Waals surface area contributed by atoms with Crippen LogP contribution in [0.5, 0.6) is 0 Å². The second-order valence-electron chi connectivity index (χ2n) is 5.02. The molecule has 3 N–H and O–H groups in total. The van der Waals surface area contributed by atoms with Crippen molar-refractivity contribution in [2.45, 2.75) is 31.7 Å². The van der Waals surface area contributed by atoms with Gasteiger partial charge < -0.3 is 10.4 Å². The predicted octanol–water partition coefficient (Wildman–Crippen LogP) is 0.619. The summed E-state index contributed by atoms with van der Waals surface area (Å²) in [4.78, 5) is 11.0. The number of sulfonamides is 1. The Morgan fingerprint density at radius 2 is 1.90 bits per heavy atom. The third-order valence-corrected chi connectivity index (χ3v) is 4.46. The fourth-order valence-electron chi connectivity index (χ4n) is 1.67. The monoisotopic (exact) mass is 314 g/mol. The molecule has 1 atom stereocenters. The number of nitrogens with one attached hydrogen (secondary N) is 2. The van der Waals surface area contributed by atoms with Crippen LogP contribution in [0.1, 0.15) is 25.8 Å². The van der Waals surface area contributed by atoms with Gasteiger partial charge in [-0.1, -0.05) is 19.1 Å². The Bertz CT molecular complexity index is 555. The summed E-state index contributed by atoms with van der Waals surface area (Å²) in [6, 6.07) is 6.36. The van der Waals surface area contributed by atoms with Crippen LogP contribution in [-0.4, -0.2) is 32.6 Å². The van der Waals surface area contributed by atoms with Gasteiger partial charge in [0.05, 0.1) is 4.90 Å². The molecule has 0 heterocycles. The van der Waals surface area contributed by atoms with E-state index in [1.165, 1.54) is 19.1 Å². The van der Waals surface area contributed by atoms with E-state index in [4.69, 9.17) is 5.11 Å². The van der Waals surface area contributed by atoms with E-state index >= 15 is 0 Å². The molecule has 118 valence electrons. The fourth-order valence-corrected chi connectivity index (χ4v) is 2.84. The number of hydrogen-bond donors (Lipinski definition) is 3. The Morgan fingerprint density at radius 1 is 1.29 bits per heavy atom. The molecule has 0 aromatic heterocycles. The van der Waals surface area contributed by atoms with Gasteiger partial charge in [-0.25, -0.2) is 13.1 Å². The predicted molar refractivity (Wildman–Crippen MR) is 80.0 cm³/mol. The number of amides is 1. The summed E-state index contributed by atoms with van der Waals surface area (Å²) in [5, 5.41) is 11.4. The topological polar surface area (TPSA) is 95.5 Å². The van der Waals surface area contributed by atoms with E-state index in [9.17, 15) is 13.2 Å². The fraction of sp³-hybridized carbons (Fsp3) is 0.500. The maximum absolute atomic E-state index is 12.1. The third-order valence-electron chi connectivity index (χ3n) is 3.02. The van der Waals surface area contributed by atoms with E-state index in [0.29, 0.717) is 13.0 Å². The molecule has 0 fully saturated rings. The molecule has 6 nitrogen and oxygen atoms in total.